The molecule has 1 nitrogen and oxygen atoms in total. The normalized spacial score (nSPS) is 14.9. The van der Waals surface area contributed by atoms with Crippen molar-refractivity contribution < 1.29 is 9.18 Å². The predicted octanol–water partition coefficient (Wildman–Crippen LogP) is 3.77. The van der Waals surface area contributed by atoms with E-state index in [0.29, 0.717) is 11.1 Å². The van der Waals surface area contributed by atoms with Crippen LogP contribution >= 0.6 is 22.6 Å². The lowest BCUT2D eigenvalue weighted by Gasteiger charge is -2.16. The molecule has 14 heavy (non-hydrogen) atoms. The van der Waals surface area contributed by atoms with Crippen molar-refractivity contribution in [3.8, 4) is 0 Å². The van der Waals surface area contributed by atoms with Crippen LogP contribution in [0.3, 0.4) is 0 Å². The highest BCUT2D eigenvalue weighted by Crippen LogP contribution is 2.35. The highest BCUT2D eigenvalue weighted by Gasteiger charge is 2.23. The maximum Gasteiger partial charge on any atom is 0.183 e. The third kappa shape index (κ3) is 2.53. The molecule has 0 heterocycles. The summed E-state index contributed by atoms with van der Waals surface area (Å²) in [6.45, 7) is 4.81. The molecule has 0 saturated carbocycles. The van der Waals surface area contributed by atoms with Crippen molar-refractivity contribution in [3.63, 3.8) is 0 Å². The third-order valence-electron chi connectivity index (χ3n) is 2.12. The fraction of sp³-hybridized carbons (Fsp3) is 0.364. The summed E-state index contributed by atoms with van der Waals surface area (Å²) in [6.07, 6.45) is 0. The van der Waals surface area contributed by atoms with Crippen LogP contribution < -0.4 is 0 Å². The summed E-state index contributed by atoms with van der Waals surface area (Å²) in [5.74, 6) is -0.0353. The minimum Gasteiger partial charge on any atom is -0.295 e. The molecule has 0 spiro atoms. The molecule has 0 fully saturated rings. The van der Waals surface area contributed by atoms with E-state index in [1.165, 1.54) is 13.8 Å². The number of rotatable bonds is 2. The molecule has 1 aromatic carbocycles. The van der Waals surface area contributed by atoms with Gasteiger partial charge in [0.1, 0.15) is 0 Å². The number of alkyl halides is 2. The SMILES string of the molecule is CC(=O)c1ccc(C)c(C(C)(F)I)c1. The van der Waals surface area contributed by atoms with E-state index in [1.54, 1.807) is 40.8 Å². The Kier molecular flexibility index (Phi) is 3.29. The Bertz CT molecular complexity index is 366. The van der Waals surface area contributed by atoms with Crippen LogP contribution in [0.25, 0.3) is 0 Å². The van der Waals surface area contributed by atoms with Crippen molar-refractivity contribution >= 4 is 28.4 Å². The molecule has 1 rings (SSSR count). The maximum absolute atomic E-state index is 13.7. The van der Waals surface area contributed by atoms with Gasteiger partial charge in [0.05, 0.1) is 0 Å². The molecular weight excluding hydrogens is 294 g/mol. The van der Waals surface area contributed by atoms with Crippen molar-refractivity contribution in [1.29, 1.82) is 0 Å². The Morgan fingerprint density at radius 3 is 2.50 bits per heavy atom. The Hall–Kier alpha value is -0.450. The van der Waals surface area contributed by atoms with E-state index in [9.17, 15) is 9.18 Å². The first-order valence-electron chi connectivity index (χ1n) is 4.32. The summed E-state index contributed by atoms with van der Waals surface area (Å²) in [6, 6.07) is 5.14. The lowest BCUT2D eigenvalue weighted by molar-refractivity contribution is 0.101. The largest absolute Gasteiger partial charge is 0.295 e. The zero-order valence-corrected chi connectivity index (χ0v) is 10.6. The van der Waals surface area contributed by atoms with Gasteiger partial charge < -0.3 is 0 Å². The highest BCUT2D eigenvalue weighted by atomic mass is 127. The lowest BCUT2D eigenvalue weighted by Crippen LogP contribution is -2.08. The van der Waals surface area contributed by atoms with Gasteiger partial charge in [0.2, 0.25) is 0 Å². The Balaban J connectivity index is 3.29. The van der Waals surface area contributed by atoms with Gasteiger partial charge in [0, 0.05) is 11.1 Å². The van der Waals surface area contributed by atoms with Gasteiger partial charge >= 0.3 is 0 Å². The second-order valence-corrected chi connectivity index (χ2v) is 5.50. The van der Waals surface area contributed by atoms with Crippen LogP contribution in [0.5, 0.6) is 0 Å². The van der Waals surface area contributed by atoms with Crippen LogP contribution in [0.4, 0.5) is 4.39 Å². The summed E-state index contributed by atoms with van der Waals surface area (Å²) >= 11 is 1.73. The lowest BCUT2D eigenvalue weighted by atomic mass is 10.0. The van der Waals surface area contributed by atoms with E-state index in [0.717, 1.165) is 5.56 Å². The van der Waals surface area contributed by atoms with Gasteiger partial charge in [-0.15, -0.1) is 0 Å². The summed E-state index contributed by atoms with van der Waals surface area (Å²) in [7, 11) is 0. The second kappa shape index (κ2) is 3.96. The van der Waals surface area contributed by atoms with Crippen molar-refractivity contribution in [3.05, 3.63) is 34.9 Å². The van der Waals surface area contributed by atoms with Gasteiger partial charge in [-0.1, -0.05) is 12.1 Å². The van der Waals surface area contributed by atoms with Gasteiger partial charge in [-0.3, -0.25) is 4.79 Å². The third-order valence-corrected chi connectivity index (χ3v) is 2.70. The Labute approximate surface area is 96.8 Å². The number of ketones is 1. The average Bonchev–Trinajstić information content (AvgIpc) is 2.02. The van der Waals surface area contributed by atoms with Crippen LogP contribution in [0.15, 0.2) is 18.2 Å². The van der Waals surface area contributed by atoms with Gasteiger partial charge in [-0.2, -0.15) is 0 Å². The molecule has 1 aromatic rings. The van der Waals surface area contributed by atoms with Crippen LogP contribution in [-0.2, 0) is 3.68 Å². The molecule has 0 aliphatic heterocycles. The van der Waals surface area contributed by atoms with E-state index >= 15 is 0 Å². The smallest absolute Gasteiger partial charge is 0.183 e. The van der Waals surface area contributed by atoms with E-state index in [2.05, 4.69) is 0 Å². The van der Waals surface area contributed by atoms with Crippen LogP contribution in [0.1, 0.15) is 35.3 Å². The van der Waals surface area contributed by atoms with Crippen molar-refractivity contribution in [2.45, 2.75) is 24.4 Å². The summed E-state index contributed by atoms with van der Waals surface area (Å²) < 4.78 is 12.3. The number of aryl methyl sites for hydroxylation is 1. The zero-order chi connectivity index (χ0) is 10.9. The average molecular weight is 306 g/mol. The summed E-state index contributed by atoms with van der Waals surface area (Å²) in [4.78, 5) is 11.1. The van der Waals surface area contributed by atoms with E-state index in [1.807, 2.05) is 6.92 Å². The number of benzene rings is 1. The molecule has 0 amide bonds. The minimum atomic E-state index is -1.42. The van der Waals surface area contributed by atoms with E-state index < -0.39 is 3.68 Å². The highest BCUT2D eigenvalue weighted by molar-refractivity contribution is 14.1. The topological polar surface area (TPSA) is 17.1 Å². The van der Waals surface area contributed by atoms with Crippen molar-refractivity contribution in [1.82, 2.24) is 0 Å². The molecule has 0 aromatic heterocycles. The number of hydrogen-bond donors (Lipinski definition) is 0. The van der Waals surface area contributed by atoms with E-state index in [-0.39, 0.29) is 5.78 Å². The molecule has 3 heteroatoms. The molecule has 0 aliphatic rings. The molecule has 1 atom stereocenters. The zero-order valence-electron chi connectivity index (χ0n) is 8.40. The minimum absolute atomic E-state index is 0.0353. The quantitative estimate of drug-likeness (QED) is 0.462. The first-order chi connectivity index (χ1) is 6.32. The monoisotopic (exact) mass is 306 g/mol. The van der Waals surface area contributed by atoms with Crippen LogP contribution in [-0.4, -0.2) is 5.78 Å². The fourth-order valence-corrected chi connectivity index (χ4v) is 1.90. The van der Waals surface area contributed by atoms with Crippen molar-refractivity contribution in [2.24, 2.45) is 0 Å². The molecule has 0 saturated heterocycles. The number of carbonyl (C=O) groups excluding carboxylic acids is 1. The molecule has 0 radical (unpaired) electrons. The summed E-state index contributed by atoms with van der Waals surface area (Å²) in [5, 5.41) is 0. The first-order valence-corrected chi connectivity index (χ1v) is 5.40. The number of Topliss-reactive ketones (excluding diaryl/α,β-unsaturated/α-hetero) is 1. The molecule has 1 unspecified atom stereocenters. The van der Waals surface area contributed by atoms with Gasteiger partial charge in [-0.05, 0) is 55.0 Å². The second-order valence-electron chi connectivity index (χ2n) is 3.47. The fourth-order valence-electron chi connectivity index (χ4n) is 1.31. The predicted molar refractivity (Wildman–Crippen MR) is 63.7 cm³/mol. The molecule has 76 valence electrons. The first kappa shape index (κ1) is 11.6. The molecule has 0 N–H and O–H groups in total. The standard InChI is InChI=1S/C11H12FIO/c1-7-4-5-9(8(2)14)6-10(7)11(3,12)13/h4-6H,1-3H3. The Morgan fingerprint density at radius 1 is 1.50 bits per heavy atom. The molecule has 0 bridgehead atoms. The van der Waals surface area contributed by atoms with Gasteiger partial charge in [0.25, 0.3) is 0 Å². The summed E-state index contributed by atoms with van der Waals surface area (Å²) in [5.41, 5.74) is 2.01. The van der Waals surface area contributed by atoms with Crippen LogP contribution in [0.2, 0.25) is 0 Å². The number of hydrogen-bond acceptors (Lipinski definition) is 1. The Morgan fingerprint density at radius 2 is 2.07 bits per heavy atom. The van der Waals surface area contributed by atoms with Gasteiger partial charge in [0.15, 0.2) is 9.46 Å². The van der Waals surface area contributed by atoms with Crippen LogP contribution in [0, 0.1) is 6.92 Å². The maximum atomic E-state index is 13.7. The number of halogens is 2. The van der Waals surface area contributed by atoms with Gasteiger partial charge in [-0.25, -0.2) is 4.39 Å². The van der Waals surface area contributed by atoms with Crippen molar-refractivity contribution in [2.75, 3.05) is 0 Å². The molecular formula is C11H12FIO. The van der Waals surface area contributed by atoms with E-state index in [4.69, 9.17) is 0 Å². The number of carbonyl (C=O) groups is 1. The molecule has 0 aliphatic carbocycles.